The van der Waals surface area contributed by atoms with Crippen molar-refractivity contribution < 1.29 is 4.79 Å². The summed E-state index contributed by atoms with van der Waals surface area (Å²) in [5.41, 5.74) is 12.8. The quantitative estimate of drug-likeness (QED) is 0.763. The Morgan fingerprint density at radius 3 is 2.44 bits per heavy atom. The minimum Gasteiger partial charge on any atom is -0.385 e. The lowest BCUT2D eigenvalue weighted by molar-refractivity contribution is 0.0959. The summed E-state index contributed by atoms with van der Waals surface area (Å²) in [7, 11) is 0. The molecule has 0 aliphatic rings. The molecule has 1 aromatic heterocycles. The minimum absolute atomic E-state index is 0.0538. The molecule has 1 heterocycles. The van der Waals surface area contributed by atoms with Gasteiger partial charge in [0.05, 0.1) is 0 Å². The number of nitrogens with two attached hydrogens (primary N) is 2. The van der Waals surface area contributed by atoms with Crippen molar-refractivity contribution in [3.8, 4) is 0 Å². The molecule has 5 nitrogen and oxygen atoms in total. The second-order valence-electron chi connectivity index (χ2n) is 3.90. The zero-order valence-corrected chi connectivity index (χ0v) is 10.6. The number of hydrogen-bond acceptors (Lipinski definition) is 5. The van der Waals surface area contributed by atoms with E-state index in [2.05, 4.69) is 4.98 Å². The van der Waals surface area contributed by atoms with Gasteiger partial charge < -0.3 is 11.5 Å². The second kappa shape index (κ2) is 4.58. The standard InChI is InChI=1S/C12H12N4OS/c1-7-2-4-8(5-3-7)11(17)16-10(14)6-9(13)15-12(16)18/h2-6H,14H2,1H3,(H2,13,15,18). The van der Waals surface area contributed by atoms with Gasteiger partial charge in [-0.15, -0.1) is 0 Å². The van der Waals surface area contributed by atoms with Crippen LogP contribution < -0.4 is 11.5 Å². The molecule has 0 aliphatic heterocycles. The number of nitrogen functional groups attached to an aromatic ring is 2. The van der Waals surface area contributed by atoms with Gasteiger partial charge in [-0.3, -0.25) is 4.79 Å². The Labute approximate surface area is 109 Å². The van der Waals surface area contributed by atoms with Crippen LogP contribution in [-0.4, -0.2) is 15.5 Å². The maximum Gasteiger partial charge on any atom is 0.265 e. The predicted octanol–water partition coefficient (Wildman–Crippen LogP) is 1.77. The van der Waals surface area contributed by atoms with E-state index < -0.39 is 0 Å². The lowest BCUT2D eigenvalue weighted by Gasteiger charge is -2.09. The molecule has 6 heteroatoms. The second-order valence-corrected chi connectivity index (χ2v) is 4.26. The van der Waals surface area contributed by atoms with Gasteiger partial charge in [0.25, 0.3) is 5.91 Å². The topological polar surface area (TPSA) is 86.9 Å². The van der Waals surface area contributed by atoms with E-state index in [0.717, 1.165) is 10.1 Å². The van der Waals surface area contributed by atoms with Crippen molar-refractivity contribution in [3.63, 3.8) is 0 Å². The number of carbonyl (C=O) groups excluding carboxylic acids is 1. The molecular formula is C12H12N4OS. The Bertz CT molecular complexity index is 661. The Kier molecular flexibility index (Phi) is 3.12. The molecule has 4 N–H and O–H groups in total. The summed E-state index contributed by atoms with van der Waals surface area (Å²) < 4.78 is 1.22. The minimum atomic E-state index is -0.315. The molecule has 2 aromatic rings. The van der Waals surface area contributed by atoms with Crippen molar-refractivity contribution in [1.29, 1.82) is 0 Å². The van der Waals surface area contributed by atoms with Gasteiger partial charge in [0.1, 0.15) is 11.6 Å². The van der Waals surface area contributed by atoms with Crippen molar-refractivity contribution in [2.45, 2.75) is 6.92 Å². The van der Waals surface area contributed by atoms with Gasteiger partial charge in [-0.05, 0) is 31.3 Å². The van der Waals surface area contributed by atoms with E-state index >= 15 is 0 Å². The summed E-state index contributed by atoms with van der Waals surface area (Å²) in [5.74, 6) is 0.0635. The highest BCUT2D eigenvalue weighted by atomic mass is 32.1. The smallest absolute Gasteiger partial charge is 0.265 e. The first-order valence-corrected chi connectivity index (χ1v) is 5.66. The van der Waals surface area contributed by atoms with E-state index in [1.807, 2.05) is 19.1 Å². The maximum atomic E-state index is 12.2. The van der Waals surface area contributed by atoms with Crippen LogP contribution in [0.5, 0.6) is 0 Å². The molecule has 0 spiro atoms. The van der Waals surface area contributed by atoms with E-state index in [1.54, 1.807) is 12.1 Å². The number of rotatable bonds is 1. The number of carbonyl (C=O) groups is 1. The van der Waals surface area contributed by atoms with Gasteiger partial charge in [-0.25, -0.2) is 9.55 Å². The van der Waals surface area contributed by atoms with Gasteiger partial charge >= 0.3 is 0 Å². The molecule has 0 amide bonds. The van der Waals surface area contributed by atoms with E-state index in [-0.39, 0.29) is 22.3 Å². The summed E-state index contributed by atoms with van der Waals surface area (Å²) in [6.45, 7) is 1.94. The number of hydrogen-bond donors (Lipinski definition) is 2. The first kappa shape index (κ1) is 12.3. The highest BCUT2D eigenvalue weighted by Crippen LogP contribution is 2.12. The lowest BCUT2D eigenvalue weighted by atomic mass is 10.1. The Hall–Kier alpha value is -2.21. The molecule has 1 aromatic carbocycles. The molecule has 0 bridgehead atoms. The zero-order chi connectivity index (χ0) is 13.3. The molecule has 92 valence electrons. The Morgan fingerprint density at radius 1 is 1.28 bits per heavy atom. The third-order valence-electron chi connectivity index (χ3n) is 2.47. The van der Waals surface area contributed by atoms with E-state index in [0.29, 0.717) is 5.56 Å². The number of nitrogens with zero attached hydrogens (tertiary/aromatic N) is 2. The molecule has 0 saturated carbocycles. The third-order valence-corrected chi connectivity index (χ3v) is 2.75. The molecule has 0 unspecified atom stereocenters. The molecular weight excluding hydrogens is 248 g/mol. The van der Waals surface area contributed by atoms with E-state index in [9.17, 15) is 4.79 Å². The zero-order valence-electron chi connectivity index (χ0n) is 9.75. The van der Waals surface area contributed by atoms with Gasteiger partial charge in [-0.1, -0.05) is 17.7 Å². The van der Waals surface area contributed by atoms with Crippen LogP contribution in [0, 0.1) is 11.7 Å². The SMILES string of the molecule is Cc1ccc(C(=O)n2c(N)cc(N)nc2=S)cc1. The molecule has 0 atom stereocenters. The third kappa shape index (κ3) is 2.23. The van der Waals surface area contributed by atoms with Gasteiger partial charge in [0.2, 0.25) is 4.77 Å². The maximum absolute atomic E-state index is 12.2. The highest BCUT2D eigenvalue weighted by Gasteiger charge is 2.12. The normalized spacial score (nSPS) is 10.3. The van der Waals surface area contributed by atoms with Crippen LogP contribution in [0.15, 0.2) is 30.3 Å². The summed E-state index contributed by atoms with van der Waals surface area (Å²) in [4.78, 5) is 16.1. The largest absolute Gasteiger partial charge is 0.385 e. The summed E-state index contributed by atoms with van der Waals surface area (Å²) in [5, 5.41) is 0. The van der Waals surface area contributed by atoms with Gasteiger partial charge in [0, 0.05) is 11.6 Å². The van der Waals surface area contributed by atoms with Crippen LogP contribution in [0.1, 0.15) is 15.9 Å². The summed E-state index contributed by atoms with van der Waals surface area (Å²) in [6, 6.07) is 8.53. The molecule has 2 rings (SSSR count). The molecule has 0 radical (unpaired) electrons. The van der Waals surface area contributed by atoms with Crippen molar-refractivity contribution >= 4 is 29.8 Å². The first-order valence-electron chi connectivity index (χ1n) is 5.25. The van der Waals surface area contributed by atoms with Crippen LogP contribution in [0.2, 0.25) is 0 Å². The van der Waals surface area contributed by atoms with Gasteiger partial charge in [-0.2, -0.15) is 0 Å². The van der Waals surface area contributed by atoms with Crippen molar-refractivity contribution in [3.05, 3.63) is 46.2 Å². The Balaban J connectivity index is 2.53. The van der Waals surface area contributed by atoms with Crippen molar-refractivity contribution in [2.75, 3.05) is 11.5 Å². The number of aryl methyl sites for hydroxylation is 1. The number of aromatic nitrogens is 2. The molecule has 0 fully saturated rings. The fourth-order valence-electron chi connectivity index (χ4n) is 1.55. The summed E-state index contributed by atoms with van der Waals surface area (Å²) >= 11 is 5.00. The Morgan fingerprint density at radius 2 is 1.89 bits per heavy atom. The van der Waals surface area contributed by atoms with Crippen molar-refractivity contribution in [1.82, 2.24) is 9.55 Å². The van der Waals surface area contributed by atoms with Crippen LogP contribution in [0.3, 0.4) is 0 Å². The molecule has 0 saturated heterocycles. The van der Waals surface area contributed by atoms with Crippen LogP contribution >= 0.6 is 12.2 Å². The van der Waals surface area contributed by atoms with Crippen molar-refractivity contribution in [2.24, 2.45) is 0 Å². The van der Waals surface area contributed by atoms with E-state index in [1.165, 1.54) is 6.07 Å². The monoisotopic (exact) mass is 260 g/mol. The van der Waals surface area contributed by atoms with Gasteiger partial charge in [0.15, 0.2) is 0 Å². The lowest BCUT2D eigenvalue weighted by Crippen LogP contribution is -2.18. The fourth-order valence-corrected chi connectivity index (χ4v) is 1.84. The van der Waals surface area contributed by atoms with Crippen LogP contribution in [-0.2, 0) is 0 Å². The predicted molar refractivity (Wildman–Crippen MR) is 72.8 cm³/mol. The van der Waals surface area contributed by atoms with E-state index in [4.69, 9.17) is 23.7 Å². The fraction of sp³-hybridized carbons (Fsp3) is 0.0833. The van der Waals surface area contributed by atoms with Crippen LogP contribution in [0.25, 0.3) is 0 Å². The van der Waals surface area contributed by atoms with Crippen LogP contribution in [0.4, 0.5) is 11.6 Å². The first-order chi connectivity index (χ1) is 8.49. The average molecular weight is 260 g/mol. The number of benzene rings is 1. The average Bonchev–Trinajstić information content (AvgIpc) is 2.28. The molecule has 0 aliphatic carbocycles. The molecule has 18 heavy (non-hydrogen) atoms. The summed E-state index contributed by atoms with van der Waals surface area (Å²) in [6.07, 6.45) is 0. The highest BCUT2D eigenvalue weighted by molar-refractivity contribution is 7.71. The number of anilines is 2.